The minimum Gasteiger partial charge on any atom is -0.480 e. The van der Waals surface area contributed by atoms with Crippen LogP contribution in [0.2, 0.25) is 0 Å². The molecule has 0 spiro atoms. The zero-order chi connectivity index (χ0) is 12.6. The van der Waals surface area contributed by atoms with Crippen molar-refractivity contribution in [2.24, 2.45) is 0 Å². The molecule has 0 saturated heterocycles. The van der Waals surface area contributed by atoms with E-state index in [1.165, 1.54) is 17.8 Å². The molecule has 7 heteroatoms. The number of ketones is 1. The number of carbonyl (C=O) groups is 1. The third kappa shape index (κ3) is 2.78. The van der Waals surface area contributed by atoms with E-state index in [1.54, 1.807) is 0 Å². The van der Waals surface area contributed by atoms with Gasteiger partial charge in [0.2, 0.25) is 0 Å². The molecule has 0 amide bonds. The predicted molar refractivity (Wildman–Crippen MR) is 52.1 cm³/mol. The summed E-state index contributed by atoms with van der Waals surface area (Å²) >= 11 is 0. The van der Waals surface area contributed by atoms with Crippen LogP contribution in [-0.2, 0) is 0 Å². The maximum Gasteiger partial charge on any atom is 0.422 e. The zero-order valence-electron chi connectivity index (χ0n) is 9.12. The maximum absolute atomic E-state index is 12.0. The summed E-state index contributed by atoms with van der Waals surface area (Å²) in [5.41, 5.74) is 0.122. The van der Waals surface area contributed by atoms with E-state index in [-0.39, 0.29) is 23.3 Å². The molecule has 2 rings (SSSR count). The van der Waals surface area contributed by atoms with E-state index in [9.17, 15) is 18.0 Å². The van der Waals surface area contributed by atoms with Crippen LogP contribution in [0.3, 0.4) is 0 Å². The van der Waals surface area contributed by atoms with Gasteiger partial charge >= 0.3 is 6.18 Å². The number of hydrogen-bond acceptors (Lipinski definition) is 3. The Labute approximate surface area is 95.4 Å². The third-order valence-corrected chi connectivity index (χ3v) is 2.38. The molecule has 0 unspecified atom stereocenters. The van der Waals surface area contributed by atoms with Crippen LogP contribution in [0, 0.1) is 0 Å². The van der Waals surface area contributed by atoms with E-state index in [1.807, 2.05) is 0 Å². The molecule has 1 saturated carbocycles. The Bertz CT molecular complexity index is 435. The number of rotatable bonds is 4. The van der Waals surface area contributed by atoms with Crippen LogP contribution in [0.25, 0.3) is 0 Å². The highest BCUT2D eigenvalue weighted by Gasteiger charge is 2.32. The third-order valence-electron chi connectivity index (χ3n) is 2.38. The molecule has 1 heterocycles. The average molecular weight is 248 g/mol. The van der Waals surface area contributed by atoms with Crippen LogP contribution in [0.4, 0.5) is 13.2 Å². The van der Waals surface area contributed by atoms with Gasteiger partial charge in [0.25, 0.3) is 0 Å². The summed E-state index contributed by atoms with van der Waals surface area (Å²) in [6.45, 7) is -0.125. The van der Waals surface area contributed by atoms with Gasteiger partial charge in [-0.1, -0.05) is 0 Å². The Balaban J connectivity index is 2.19. The Morgan fingerprint density at radius 1 is 1.59 bits per heavy atom. The SMILES string of the molecule is CC(=O)c1c(OCC(F)(F)F)cnn1C1CC1. The number of carbonyl (C=O) groups excluding carboxylic acids is 1. The van der Waals surface area contributed by atoms with Crippen molar-refractivity contribution in [2.75, 3.05) is 6.61 Å². The van der Waals surface area contributed by atoms with Crippen molar-refractivity contribution < 1.29 is 22.7 Å². The fourth-order valence-corrected chi connectivity index (χ4v) is 1.54. The second kappa shape index (κ2) is 4.05. The normalized spacial score (nSPS) is 16.0. The molecule has 0 radical (unpaired) electrons. The number of hydrogen-bond donors (Lipinski definition) is 0. The highest BCUT2D eigenvalue weighted by atomic mass is 19.4. The summed E-state index contributed by atoms with van der Waals surface area (Å²) in [6.07, 6.45) is -1.47. The number of nitrogens with zero attached hydrogens (tertiary/aromatic N) is 2. The number of alkyl halides is 3. The molecule has 4 nitrogen and oxygen atoms in total. The Morgan fingerprint density at radius 2 is 2.24 bits per heavy atom. The molecule has 1 aliphatic rings. The van der Waals surface area contributed by atoms with Gasteiger partial charge in [-0.05, 0) is 12.8 Å². The fourth-order valence-electron chi connectivity index (χ4n) is 1.54. The van der Waals surface area contributed by atoms with Crippen molar-refractivity contribution in [3.8, 4) is 5.75 Å². The molecule has 94 valence electrons. The van der Waals surface area contributed by atoms with E-state index < -0.39 is 12.8 Å². The van der Waals surface area contributed by atoms with Crippen LogP contribution in [0.15, 0.2) is 6.20 Å². The minimum absolute atomic E-state index is 0.0956. The average Bonchev–Trinajstić information content (AvgIpc) is 2.94. The van der Waals surface area contributed by atoms with Crippen LogP contribution >= 0.6 is 0 Å². The lowest BCUT2D eigenvalue weighted by Gasteiger charge is -2.09. The number of ether oxygens (including phenoxy) is 1. The highest BCUT2D eigenvalue weighted by molar-refractivity contribution is 5.95. The van der Waals surface area contributed by atoms with Crippen molar-refractivity contribution in [3.63, 3.8) is 0 Å². The van der Waals surface area contributed by atoms with Crippen molar-refractivity contribution in [1.29, 1.82) is 0 Å². The van der Waals surface area contributed by atoms with Crippen LogP contribution in [0.5, 0.6) is 5.75 Å². The lowest BCUT2D eigenvalue weighted by Crippen LogP contribution is -2.20. The summed E-state index contributed by atoms with van der Waals surface area (Å²) in [5.74, 6) is -0.437. The first kappa shape index (κ1) is 11.9. The molecule has 0 aromatic carbocycles. The first-order valence-corrected chi connectivity index (χ1v) is 5.16. The lowest BCUT2D eigenvalue weighted by atomic mass is 10.3. The van der Waals surface area contributed by atoms with E-state index in [4.69, 9.17) is 0 Å². The number of Topliss-reactive ketones (excluding diaryl/α,β-unsaturated/α-hetero) is 1. The number of aromatic nitrogens is 2. The molecule has 0 atom stereocenters. The summed E-state index contributed by atoms with van der Waals surface area (Å²) in [5, 5.41) is 3.90. The minimum atomic E-state index is -4.42. The van der Waals surface area contributed by atoms with E-state index in [2.05, 4.69) is 9.84 Å². The van der Waals surface area contributed by atoms with Crippen molar-refractivity contribution >= 4 is 5.78 Å². The predicted octanol–water partition coefficient (Wildman–Crippen LogP) is 2.36. The molecule has 17 heavy (non-hydrogen) atoms. The van der Waals surface area contributed by atoms with Crippen LogP contribution < -0.4 is 4.74 Å². The van der Waals surface area contributed by atoms with E-state index in [0.29, 0.717) is 0 Å². The van der Waals surface area contributed by atoms with E-state index >= 15 is 0 Å². The summed E-state index contributed by atoms with van der Waals surface area (Å²) in [4.78, 5) is 11.4. The Hall–Kier alpha value is -1.53. The largest absolute Gasteiger partial charge is 0.480 e. The molecule has 0 bridgehead atoms. The zero-order valence-corrected chi connectivity index (χ0v) is 9.12. The van der Waals surface area contributed by atoms with Gasteiger partial charge in [0.1, 0.15) is 5.69 Å². The molecule has 1 aromatic heterocycles. The van der Waals surface area contributed by atoms with Gasteiger partial charge in [-0.15, -0.1) is 0 Å². The van der Waals surface area contributed by atoms with Gasteiger partial charge in [0.15, 0.2) is 18.1 Å². The molecule has 1 aliphatic carbocycles. The lowest BCUT2D eigenvalue weighted by molar-refractivity contribution is -0.153. The van der Waals surface area contributed by atoms with Crippen LogP contribution in [0.1, 0.15) is 36.3 Å². The smallest absolute Gasteiger partial charge is 0.422 e. The van der Waals surface area contributed by atoms with Crippen molar-refractivity contribution in [2.45, 2.75) is 32.0 Å². The Morgan fingerprint density at radius 3 is 2.71 bits per heavy atom. The standard InChI is InChI=1S/C10H11F3N2O2/c1-6(16)9-8(17-5-10(11,12)13)4-14-15(9)7-2-3-7/h4,7H,2-3,5H2,1H3. The maximum atomic E-state index is 12.0. The highest BCUT2D eigenvalue weighted by Crippen LogP contribution is 2.37. The first-order valence-electron chi connectivity index (χ1n) is 5.16. The monoisotopic (exact) mass is 248 g/mol. The molecule has 0 aliphatic heterocycles. The van der Waals surface area contributed by atoms with Gasteiger partial charge in [0, 0.05) is 6.92 Å². The topological polar surface area (TPSA) is 44.1 Å². The quantitative estimate of drug-likeness (QED) is 0.768. The van der Waals surface area contributed by atoms with Gasteiger partial charge in [0.05, 0.1) is 12.2 Å². The van der Waals surface area contributed by atoms with Gasteiger partial charge in [-0.3, -0.25) is 9.48 Å². The Kier molecular flexibility index (Phi) is 2.84. The summed E-state index contributed by atoms with van der Waals surface area (Å²) in [6, 6.07) is 0.122. The van der Waals surface area contributed by atoms with Crippen LogP contribution in [-0.4, -0.2) is 28.3 Å². The molecule has 1 aromatic rings. The van der Waals surface area contributed by atoms with Gasteiger partial charge in [-0.25, -0.2) is 0 Å². The fraction of sp³-hybridized carbons (Fsp3) is 0.600. The summed E-state index contributed by atoms with van der Waals surface area (Å²) < 4.78 is 42.1. The van der Waals surface area contributed by atoms with Crippen molar-refractivity contribution in [3.05, 3.63) is 11.9 Å². The van der Waals surface area contributed by atoms with Gasteiger partial charge < -0.3 is 4.74 Å². The number of halogens is 3. The molecular formula is C10H11F3N2O2. The second-order valence-electron chi connectivity index (χ2n) is 3.99. The summed E-state index contributed by atoms with van der Waals surface area (Å²) in [7, 11) is 0. The van der Waals surface area contributed by atoms with E-state index in [0.717, 1.165) is 12.8 Å². The molecule has 0 N–H and O–H groups in total. The first-order chi connectivity index (χ1) is 7.88. The molecular weight excluding hydrogens is 237 g/mol. The van der Waals surface area contributed by atoms with Crippen molar-refractivity contribution in [1.82, 2.24) is 9.78 Å². The second-order valence-corrected chi connectivity index (χ2v) is 3.99. The molecule has 1 fully saturated rings. The van der Waals surface area contributed by atoms with Gasteiger partial charge in [-0.2, -0.15) is 18.3 Å².